The fraction of sp³-hybridized carbons (Fsp3) is 0.400. The highest BCUT2D eigenvalue weighted by Crippen LogP contribution is 2.41. The van der Waals surface area contributed by atoms with Gasteiger partial charge in [-0.25, -0.2) is 4.98 Å². The van der Waals surface area contributed by atoms with Crippen molar-refractivity contribution < 1.29 is 10.2 Å². The van der Waals surface area contributed by atoms with Crippen LogP contribution in [0.4, 0.5) is 0 Å². The van der Waals surface area contributed by atoms with Crippen LogP contribution >= 0.6 is 0 Å². The Balaban J connectivity index is 2.79. The Kier molecular flexibility index (Phi) is 3.27. The fourth-order valence-corrected chi connectivity index (χ4v) is 2.25. The van der Waals surface area contributed by atoms with Gasteiger partial charge in [-0.15, -0.1) is 0 Å². The first-order valence-corrected chi connectivity index (χ1v) is 6.41. The number of imidazole rings is 1. The van der Waals surface area contributed by atoms with Crippen LogP contribution < -0.4 is 0 Å². The molecule has 0 aliphatic rings. The van der Waals surface area contributed by atoms with Crippen LogP contribution in [0.15, 0.2) is 24.8 Å². The van der Waals surface area contributed by atoms with E-state index in [4.69, 9.17) is 0 Å². The van der Waals surface area contributed by atoms with E-state index in [0.717, 1.165) is 0 Å². The summed E-state index contributed by atoms with van der Waals surface area (Å²) in [4.78, 5) is 3.98. The molecule has 1 heterocycles. The molecular weight excluding hydrogens is 240 g/mol. The van der Waals surface area contributed by atoms with Gasteiger partial charge in [0.2, 0.25) is 5.75 Å². The zero-order valence-electron chi connectivity index (χ0n) is 11.8. The molecule has 101 valence electrons. The predicted octanol–water partition coefficient (Wildman–Crippen LogP) is 3.58. The van der Waals surface area contributed by atoms with Gasteiger partial charge in [0, 0.05) is 23.5 Å². The molecule has 0 atom stereocenters. The van der Waals surface area contributed by atoms with Gasteiger partial charge in [0.15, 0.2) is 0 Å². The summed E-state index contributed by atoms with van der Waals surface area (Å²) in [6, 6.07) is 1.60. The lowest BCUT2D eigenvalue weighted by Crippen LogP contribution is -2.13. The van der Waals surface area contributed by atoms with Gasteiger partial charge in [-0.05, 0) is 17.9 Å². The second-order valence-corrected chi connectivity index (χ2v) is 5.67. The third-order valence-corrected chi connectivity index (χ3v) is 3.26. The van der Waals surface area contributed by atoms with Crippen LogP contribution in [0.2, 0.25) is 0 Å². The lowest BCUT2D eigenvalue weighted by molar-refractivity contribution is 0.336. The Morgan fingerprint density at radius 2 is 2.05 bits per heavy atom. The smallest absolute Gasteiger partial charge is 0.206 e. The first-order chi connectivity index (χ1) is 8.86. The molecule has 0 saturated heterocycles. The largest absolute Gasteiger partial charge is 0.508 e. The summed E-state index contributed by atoms with van der Waals surface area (Å²) in [6.45, 7) is 7.82. The summed E-state index contributed by atoms with van der Waals surface area (Å²) in [5, 5.41) is 22.9. The number of aromatic nitrogens is 2. The van der Waals surface area contributed by atoms with Gasteiger partial charge in [0.05, 0.1) is 6.33 Å². The molecular formula is C15H19N2O2. The molecule has 0 unspecified atom stereocenters. The van der Waals surface area contributed by atoms with E-state index in [1.54, 1.807) is 29.4 Å². The first-order valence-electron chi connectivity index (χ1n) is 6.41. The van der Waals surface area contributed by atoms with Crippen LogP contribution in [0, 0.1) is 0 Å². The van der Waals surface area contributed by atoms with Crippen LogP contribution in [0.1, 0.15) is 38.8 Å². The third-order valence-electron chi connectivity index (χ3n) is 3.26. The molecule has 1 aromatic heterocycles. The van der Waals surface area contributed by atoms with E-state index in [0.29, 0.717) is 23.2 Å². The Bertz CT molecular complexity index is 581. The molecule has 0 spiro atoms. The summed E-state index contributed by atoms with van der Waals surface area (Å²) in [5.74, 6) is 0.135. The van der Waals surface area contributed by atoms with E-state index in [1.165, 1.54) is 0 Å². The maximum atomic E-state index is 12.7. The van der Waals surface area contributed by atoms with Crippen molar-refractivity contribution in [3.05, 3.63) is 35.9 Å². The predicted molar refractivity (Wildman–Crippen MR) is 73.4 cm³/mol. The molecule has 0 bridgehead atoms. The lowest BCUT2D eigenvalue weighted by atomic mass is 9.84. The Morgan fingerprint density at radius 3 is 2.53 bits per heavy atom. The minimum atomic E-state index is -0.309. The molecule has 19 heavy (non-hydrogen) atoms. The summed E-state index contributed by atoms with van der Waals surface area (Å²) < 4.78 is 1.68. The normalized spacial score (nSPS) is 11.8. The first kappa shape index (κ1) is 13.5. The highest BCUT2D eigenvalue weighted by Gasteiger charge is 2.26. The minimum Gasteiger partial charge on any atom is -0.508 e. The van der Waals surface area contributed by atoms with Gasteiger partial charge in [-0.2, -0.15) is 0 Å². The molecule has 0 saturated carbocycles. The Morgan fingerprint density at radius 1 is 1.37 bits per heavy atom. The molecule has 4 nitrogen and oxygen atoms in total. The number of rotatable bonds is 2. The van der Waals surface area contributed by atoms with Gasteiger partial charge in [0.1, 0.15) is 11.4 Å². The zero-order chi connectivity index (χ0) is 14.2. The van der Waals surface area contributed by atoms with Gasteiger partial charge < -0.3 is 9.67 Å². The Labute approximate surface area is 113 Å². The molecule has 0 fully saturated rings. The molecule has 0 amide bonds. The Hall–Kier alpha value is -1.97. The van der Waals surface area contributed by atoms with Crippen molar-refractivity contribution in [2.24, 2.45) is 0 Å². The van der Waals surface area contributed by atoms with E-state index >= 15 is 0 Å². The molecule has 0 aliphatic carbocycles. The highest BCUT2D eigenvalue weighted by molar-refractivity contribution is 5.63. The van der Waals surface area contributed by atoms with Crippen molar-refractivity contribution in [2.45, 2.75) is 39.5 Å². The van der Waals surface area contributed by atoms with E-state index in [2.05, 4.69) is 4.98 Å². The van der Waals surface area contributed by atoms with E-state index < -0.39 is 0 Å². The molecule has 2 aromatic rings. The van der Waals surface area contributed by atoms with Crippen LogP contribution in [0.3, 0.4) is 0 Å². The molecule has 2 rings (SSSR count). The molecule has 1 radical (unpaired) electrons. The van der Waals surface area contributed by atoms with Gasteiger partial charge in [-0.3, -0.25) is 5.11 Å². The zero-order valence-corrected chi connectivity index (χ0v) is 11.8. The van der Waals surface area contributed by atoms with Crippen LogP contribution in [-0.2, 0) is 16.9 Å². The monoisotopic (exact) mass is 259 g/mol. The summed E-state index contributed by atoms with van der Waals surface area (Å²) >= 11 is 0. The second-order valence-electron chi connectivity index (χ2n) is 5.67. The van der Waals surface area contributed by atoms with E-state index in [9.17, 15) is 10.2 Å². The molecule has 4 heteroatoms. The van der Waals surface area contributed by atoms with Crippen LogP contribution in [-0.4, -0.2) is 14.7 Å². The SMILES string of the molecule is CCc1c(O)cc(C(C)(C)C)c([O])c1-n1ccnc1. The highest BCUT2D eigenvalue weighted by atomic mass is 16.3. The minimum absolute atomic E-state index is 0.0415. The number of hydrogen-bond acceptors (Lipinski definition) is 2. The van der Waals surface area contributed by atoms with Crippen molar-refractivity contribution in [3.63, 3.8) is 0 Å². The second kappa shape index (κ2) is 4.61. The van der Waals surface area contributed by atoms with Crippen molar-refractivity contribution in [3.8, 4) is 17.2 Å². The maximum Gasteiger partial charge on any atom is 0.206 e. The van der Waals surface area contributed by atoms with Crippen molar-refractivity contribution in [1.29, 1.82) is 0 Å². The number of phenols is 1. The van der Waals surface area contributed by atoms with E-state index in [1.807, 2.05) is 27.7 Å². The summed E-state index contributed by atoms with van der Waals surface area (Å²) in [5.41, 5.74) is 1.47. The van der Waals surface area contributed by atoms with Crippen LogP contribution in [0.25, 0.3) is 5.69 Å². The summed E-state index contributed by atoms with van der Waals surface area (Å²) in [7, 11) is 0. The topological polar surface area (TPSA) is 57.9 Å². The van der Waals surface area contributed by atoms with Crippen molar-refractivity contribution >= 4 is 0 Å². The molecule has 1 N–H and O–H groups in total. The number of hydrogen-bond donors (Lipinski definition) is 1. The van der Waals surface area contributed by atoms with Crippen molar-refractivity contribution in [2.75, 3.05) is 0 Å². The van der Waals surface area contributed by atoms with Crippen molar-refractivity contribution in [1.82, 2.24) is 9.55 Å². The fourth-order valence-electron chi connectivity index (χ4n) is 2.25. The number of aromatic hydroxyl groups is 1. The van der Waals surface area contributed by atoms with Crippen LogP contribution in [0.5, 0.6) is 11.5 Å². The third kappa shape index (κ3) is 2.30. The van der Waals surface area contributed by atoms with Gasteiger partial charge in [-0.1, -0.05) is 27.7 Å². The number of phenolic OH excluding ortho intramolecular Hbond substituents is 1. The number of benzene rings is 1. The average Bonchev–Trinajstić information content (AvgIpc) is 2.82. The molecule has 1 aromatic carbocycles. The van der Waals surface area contributed by atoms with Gasteiger partial charge in [0.25, 0.3) is 0 Å². The summed E-state index contributed by atoms with van der Waals surface area (Å²) in [6.07, 6.45) is 5.53. The standard InChI is InChI=1S/C15H19N2O2/c1-5-10-12(18)8-11(15(2,3)4)14(19)13(10)17-7-6-16-9-17/h6-9,18H,5H2,1-4H3. The van der Waals surface area contributed by atoms with E-state index in [-0.39, 0.29) is 16.9 Å². The molecule has 0 aliphatic heterocycles. The average molecular weight is 259 g/mol. The van der Waals surface area contributed by atoms with Gasteiger partial charge >= 0.3 is 0 Å². The number of nitrogens with zero attached hydrogens (tertiary/aromatic N) is 2. The maximum absolute atomic E-state index is 12.7. The quantitative estimate of drug-likeness (QED) is 0.896. The lowest BCUT2D eigenvalue weighted by Gasteiger charge is -2.23.